The second-order valence-corrected chi connectivity index (χ2v) is 8.18. The minimum atomic E-state index is -0.217. The predicted octanol–water partition coefficient (Wildman–Crippen LogP) is 3.34. The molecule has 0 atom stereocenters. The summed E-state index contributed by atoms with van der Waals surface area (Å²) in [6, 6.07) is 14.6. The van der Waals surface area contributed by atoms with Crippen LogP contribution >= 0.6 is 11.6 Å². The summed E-state index contributed by atoms with van der Waals surface area (Å²) >= 11 is 5.92. The van der Waals surface area contributed by atoms with Crippen molar-refractivity contribution in [2.75, 3.05) is 24.7 Å². The van der Waals surface area contributed by atoms with Crippen molar-refractivity contribution in [3.05, 3.63) is 64.7 Å². The van der Waals surface area contributed by atoms with Crippen molar-refractivity contribution in [3.8, 4) is 0 Å². The molecule has 1 aliphatic carbocycles. The maximum atomic E-state index is 13.0. The molecule has 1 saturated carbocycles. The summed E-state index contributed by atoms with van der Waals surface area (Å²) in [5, 5.41) is 0.587. The molecule has 1 saturated heterocycles. The number of aryl methyl sites for hydroxylation is 1. The van der Waals surface area contributed by atoms with E-state index >= 15 is 0 Å². The van der Waals surface area contributed by atoms with E-state index in [1.54, 1.807) is 34.1 Å². The molecule has 0 unspecified atom stereocenters. The van der Waals surface area contributed by atoms with Gasteiger partial charge in [-0.1, -0.05) is 30.7 Å². The number of halogens is 1. The van der Waals surface area contributed by atoms with Crippen molar-refractivity contribution in [2.24, 2.45) is 0 Å². The van der Waals surface area contributed by atoms with Gasteiger partial charge in [-0.3, -0.25) is 19.3 Å². The van der Waals surface area contributed by atoms with Gasteiger partial charge in [0.1, 0.15) is 19.8 Å². The molecule has 2 aromatic carbocycles. The monoisotopic (exact) mass is 425 g/mol. The highest BCUT2D eigenvalue weighted by atomic mass is 35.5. The highest BCUT2D eigenvalue weighted by molar-refractivity contribution is 6.30. The summed E-state index contributed by atoms with van der Waals surface area (Å²) in [6.45, 7) is 2.24. The Kier molecular flexibility index (Phi) is 5.77. The van der Waals surface area contributed by atoms with E-state index < -0.39 is 0 Å². The van der Waals surface area contributed by atoms with Gasteiger partial charge in [0.05, 0.1) is 0 Å². The van der Waals surface area contributed by atoms with Crippen LogP contribution in [0.4, 0.5) is 5.69 Å². The molecule has 3 amide bonds. The summed E-state index contributed by atoms with van der Waals surface area (Å²) in [6.07, 6.45) is 2.72. The third kappa shape index (κ3) is 4.33. The zero-order valence-electron chi connectivity index (χ0n) is 16.9. The summed E-state index contributed by atoms with van der Waals surface area (Å²) < 4.78 is 0. The van der Waals surface area contributed by atoms with E-state index in [2.05, 4.69) is 6.92 Å². The molecule has 0 radical (unpaired) electrons. The zero-order valence-corrected chi connectivity index (χ0v) is 17.6. The third-order valence-electron chi connectivity index (χ3n) is 5.59. The van der Waals surface area contributed by atoms with Crippen LogP contribution in [0, 0.1) is 0 Å². The van der Waals surface area contributed by atoms with Gasteiger partial charge in [-0.25, -0.2) is 0 Å². The van der Waals surface area contributed by atoms with Gasteiger partial charge in [-0.05, 0) is 61.2 Å². The Morgan fingerprint density at radius 3 is 2.33 bits per heavy atom. The van der Waals surface area contributed by atoms with Crippen molar-refractivity contribution < 1.29 is 14.4 Å². The summed E-state index contributed by atoms with van der Waals surface area (Å²) in [7, 11) is 0. The fraction of sp³-hybridized carbons (Fsp3) is 0.348. The molecule has 4 rings (SSSR count). The number of hydrogen-bond donors (Lipinski definition) is 0. The molecule has 7 heteroatoms. The first-order valence-corrected chi connectivity index (χ1v) is 10.6. The number of rotatable bonds is 6. The number of benzene rings is 2. The molecule has 0 spiro atoms. The van der Waals surface area contributed by atoms with Crippen molar-refractivity contribution in [2.45, 2.75) is 32.2 Å². The van der Waals surface area contributed by atoms with Gasteiger partial charge in [0, 0.05) is 22.3 Å². The lowest BCUT2D eigenvalue weighted by atomic mass is 10.1. The fourth-order valence-electron chi connectivity index (χ4n) is 3.61. The number of carbonyl (C=O) groups excluding carboxylic acids is 3. The molecule has 1 aliphatic heterocycles. The van der Waals surface area contributed by atoms with Gasteiger partial charge < -0.3 is 9.80 Å². The Balaban J connectivity index is 1.44. The van der Waals surface area contributed by atoms with Gasteiger partial charge in [0.15, 0.2) is 0 Å². The van der Waals surface area contributed by atoms with Gasteiger partial charge in [0.2, 0.25) is 11.8 Å². The molecule has 6 nitrogen and oxygen atoms in total. The van der Waals surface area contributed by atoms with Gasteiger partial charge in [-0.2, -0.15) is 0 Å². The second kappa shape index (κ2) is 8.48. The number of anilines is 1. The zero-order chi connectivity index (χ0) is 21.3. The fourth-order valence-corrected chi connectivity index (χ4v) is 3.74. The van der Waals surface area contributed by atoms with Gasteiger partial charge >= 0.3 is 0 Å². The standard InChI is InChI=1S/C23H24ClN3O3/c1-2-16-3-5-17(6-4-16)23(30)26(19-11-12-19)14-21(28)25-13-22(29)27(15-25)20-9-7-18(24)8-10-20/h3-10,19H,2,11-15H2,1H3. The smallest absolute Gasteiger partial charge is 0.254 e. The van der Waals surface area contributed by atoms with Crippen LogP contribution in [-0.4, -0.2) is 53.3 Å². The summed E-state index contributed by atoms with van der Waals surface area (Å²) in [5.41, 5.74) is 2.46. The third-order valence-corrected chi connectivity index (χ3v) is 5.85. The minimum Gasteiger partial charge on any atom is -0.326 e. The van der Waals surface area contributed by atoms with Crippen LogP contribution in [0.1, 0.15) is 35.7 Å². The molecule has 0 aromatic heterocycles. The summed E-state index contributed by atoms with van der Waals surface area (Å²) in [5.74, 6) is -0.496. The van der Waals surface area contributed by atoms with Crippen molar-refractivity contribution >= 4 is 35.0 Å². The number of hydrogen-bond acceptors (Lipinski definition) is 3. The molecule has 1 heterocycles. The van der Waals surface area contributed by atoms with E-state index in [0.29, 0.717) is 16.3 Å². The Morgan fingerprint density at radius 2 is 1.73 bits per heavy atom. The lowest BCUT2D eigenvalue weighted by Gasteiger charge is -2.25. The average Bonchev–Trinajstić information content (AvgIpc) is 3.53. The molecule has 156 valence electrons. The van der Waals surface area contributed by atoms with Gasteiger partial charge in [-0.15, -0.1) is 0 Å². The van der Waals surface area contributed by atoms with E-state index in [1.165, 1.54) is 10.5 Å². The molecular formula is C23H24ClN3O3. The average molecular weight is 426 g/mol. The van der Waals surface area contributed by atoms with E-state index in [-0.39, 0.29) is 43.5 Å². The van der Waals surface area contributed by atoms with Crippen LogP contribution < -0.4 is 4.90 Å². The van der Waals surface area contributed by atoms with Crippen LogP contribution in [0.3, 0.4) is 0 Å². The maximum absolute atomic E-state index is 13.0. The van der Waals surface area contributed by atoms with Crippen molar-refractivity contribution in [3.63, 3.8) is 0 Å². The van der Waals surface area contributed by atoms with E-state index in [9.17, 15) is 14.4 Å². The number of carbonyl (C=O) groups is 3. The first-order valence-electron chi connectivity index (χ1n) is 10.2. The molecule has 0 N–H and O–H groups in total. The lowest BCUT2D eigenvalue weighted by molar-refractivity contribution is -0.132. The molecular weight excluding hydrogens is 402 g/mol. The SMILES string of the molecule is CCc1ccc(C(=O)N(CC(=O)N2CC(=O)N(c3ccc(Cl)cc3)C2)C2CC2)cc1. The Bertz CT molecular complexity index is 955. The van der Waals surface area contributed by atoms with Crippen molar-refractivity contribution in [1.82, 2.24) is 9.80 Å². The molecule has 2 aliphatic rings. The van der Waals surface area contributed by atoms with E-state index in [1.807, 2.05) is 24.3 Å². The number of amides is 3. The van der Waals surface area contributed by atoms with Crippen molar-refractivity contribution in [1.29, 1.82) is 0 Å². The predicted molar refractivity (Wildman–Crippen MR) is 115 cm³/mol. The van der Waals surface area contributed by atoms with E-state index in [0.717, 1.165) is 19.3 Å². The largest absolute Gasteiger partial charge is 0.326 e. The quantitative estimate of drug-likeness (QED) is 0.713. The van der Waals surface area contributed by atoms with Crippen LogP contribution in [0.15, 0.2) is 48.5 Å². The Hall–Kier alpha value is -2.86. The number of nitrogens with zero attached hydrogens (tertiary/aromatic N) is 3. The lowest BCUT2D eigenvalue weighted by Crippen LogP contribution is -2.43. The molecule has 30 heavy (non-hydrogen) atoms. The van der Waals surface area contributed by atoms with Crippen LogP contribution in [-0.2, 0) is 16.0 Å². The summed E-state index contributed by atoms with van der Waals surface area (Å²) in [4.78, 5) is 43.1. The van der Waals surface area contributed by atoms with Crippen LogP contribution in [0.2, 0.25) is 5.02 Å². The molecule has 2 aromatic rings. The highest BCUT2D eigenvalue weighted by Gasteiger charge is 2.37. The molecule has 0 bridgehead atoms. The Morgan fingerprint density at radius 1 is 1.07 bits per heavy atom. The topological polar surface area (TPSA) is 60.9 Å². The van der Waals surface area contributed by atoms with Crippen LogP contribution in [0.5, 0.6) is 0 Å². The molecule has 2 fully saturated rings. The first kappa shape index (κ1) is 20.4. The normalized spacial score (nSPS) is 16.1. The van der Waals surface area contributed by atoms with Gasteiger partial charge in [0.25, 0.3) is 5.91 Å². The van der Waals surface area contributed by atoms with Crippen LogP contribution in [0.25, 0.3) is 0 Å². The second-order valence-electron chi connectivity index (χ2n) is 7.75. The minimum absolute atomic E-state index is 0.0131. The van der Waals surface area contributed by atoms with E-state index in [4.69, 9.17) is 11.6 Å². The Labute approximate surface area is 181 Å². The first-order chi connectivity index (χ1) is 14.5. The highest BCUT2D eigenvalue weighted by Crippen LogP contribution is 2.29. The maximum Gasteiger partial charge on any atom is 0.254 e.